The van der Waals surface area contributed by atoms with E-state index in [9.17, 15) is 4.79 Å². The molecule has 0 aromatic heterocycles. The number of cyclic esters (lactones) is 1. The van der Waals surface area contributed by atoms with Crippen molar-refractivity contribution in [3.63, 3.8) is 0 Å². The monoisotopic (exact) mass is 212 g/mol. The zero-order valence-electron chi connectivity index (χ0n) is 10.1. The van der Waals surface area contributed by atoms with Gasteiger partial charge >= 0.3 is 5.97 Å². The summed E-state index contributed by atoms with van der Waals surface area (Å²) in [5.74, 6) is 0.669. The summed E-state index contributed by atoms with van der Waals surface area (Å²) in [4.78, 5) is 11.4. The van der Waals surface area contributed by atoms with Crippen molar-refractivity contribution in [3.05, 3.63) is 0 Å². The fraction of sp³-hybridized carbons (Fsp3) is 0.923. The van der Waals surface area contributed by atoms with E-state index in [4.69, 9.17) is 4.74 Å². The van der Waals surface area contributed by atoms with E-state index in [2.05, 4.69) is 6.92 Å². The van der Waals surface area contributed by atoms with Crippen LogP contribution < -0.4 is 0 Å². The first kappa shape index (κ1) is 12.5. The molecule has 0 aromatic carbocycles. The Morgan fingerprint density at radius 3 is 2.40 bits per heavy atom. The van der Waals surface area contributed by atoms with Crippen molar-refractivity contribution < 1.29 is 9.53 Å². The van der Waals surface area contributed by atoms with Crippen LogP contribution >= 0.6 is 0 Å². The highest BCUT2D eigenvalue weighted by Crippen LogP contribution is 2.18. The molecule has 0 saturated carbocycles. The van der Waals surface area contributed by atoms with Crippen LogP contribution in [-0.2, 0) is 9.53 Å². The Morgan fingerprint density at radius 1 is 1.00 bits per heavy atom. The van der Waals surface area contributed by atoms with E-state index in [-0.39, 0.29) is 12.1 Å². The predicted octanol–water partition coefficient (Wildman–Crippen LogP) is 3.69. The van der Waals surface area contributed by atoms with Gasteiger partial charge in [-0.1, -0.05) is 32.6 Å². The van der Waals surface area contributed by atoms with E-state index in [1.165, 1.54) is 32.1 Å². The van der Waals surface area contributed by atoms with Crippen molar-refractivity contribution in [1.29, 1.82) is 0 Å². The highest BCUT2D eigenvalue weighted by molar-refractivity contribution is 5.69. The second-order valence-corrected chi connectivity index (χ2v) is 4.94. The summed E-state index contributed by atoms with van der Waals surface area (Å²) in [6, 6.07) is 0. The zero-order valence-corrected chi connectivity index (χ0v) is 10.1. The Bertz CT molecular complexity index is 189. The van der Waals surface area contributed by atoms with Crippen LogP contribution in [0, 0.1) is 5.92 Å². The van der Waals surface area contributed by atoms with Gasteiger partial charge < -0.3 is 4.74 Å². The summed E-state index contributed by atoms with van der Waals surface area (Å²) in [7, 11) is 0. The standard InChI is InChI=1S/C13H24O2/c1-11-7-5-3-4-6-8-12(2)15-13(14)10-9-11/h11-12H,3-10H2,1-2H3. The van der Waals surface area contributed by atoms with E-state index in [0.717, 1.165) is 12.8 Å². The van der Waals surface area contributed by atoms with Gasteiger partial charge in [0.05, 0.1) is 6.10 Å². The van der Waals surface area contributed by atoms with Gasteiger partial charge in [-0.15, -0.1) is 0 Å². The Kier molecular flexibility index (Phi) is 5.74. The van der Waals surface area contributed by atoms with Crippen LogP contribution in [0.15, 0.2) is 0 Å². The molecule has 0 N–H and O–H groups in total. The van der Waals surface area contributed by atoms with E-state index >= 15 is 0 Å². The molecule has 1 fully saturated rings. The summed E-state index contributed by atoms with van der Waals surface area (Å²) in [5, 5.41) is 0. The van der Waals surface area contributed by atoms with Crippen LogP contribution in [0.1, 0.15) is 65.2 Å². The third kappa shape index (κ3) is 5.81. The molecule has 1 aliphatic rings. The first-order valence-corrected chi connectivity index (χ1v) is 6.38. The first-order valence-electron chi connectivity index (χ1n) is 6.38. The fourth-order valence-corrected chi connectivity index (χ4v) is 2.13. The lowest BCUT2D eigenvalue weighted by molar-refractivity contribution is -0.148. The molecule has 2 heteroatoms. The second-order valence-electron chi connectivity index (χ2n) is 4.94. The Hall–Kier alpha value is -0.530. The third-order valence-corrected chi connectivity index (χ3v) is 3.23. The second kappa shape index (κ2) is 6.86. The maximum Gasteiger partial charge on any atom is 0.306 e. The van der Waals surface area contributed by atoms with Gasteiger partial charge in [-0.05, 0) is 32.1 Å². The first-order chi connectivity index (χ1) is 7.18. The maximum atomic E-state index is 11.4. The number of carbonyl (C=O) groups excluding carboxylic acids is 1. The zero-order chi connectivity index (χ0) is 11.1. The third-order valence-electron chi connectivity index (χ3n) is 3.23. The largest absolute Gasteiger partial charge is 0.463 e. The van der Waals surface area contributed by atoms with Crippen LogP contribution in [-0.4, -0.2) is 12.1 Å². The van der Waals surface area contributed by atoms with E-state index in [1.807, 2.05) is 6.92 Å². The highest BCUT2D eigenvalue weighted by atomic mass is 16.5. The normalized spacial score (nSPS) is 31.2. The Balaban J connectivity index is 2.35. The highest BCUT2D eigenvalue weighted by Gasteiger charge is 2.12. The number of hydrogen-bond acceptors (Lipinski definition) is 2. The number of carbonyl (C=O) groups is 1. The lowest BCUT2D eigenvalue weighted by Crippen LogP contribution is -2.16. The number of esters is 1. The molecule has 0 amide bonds. The average molecular weight is 212 g/mol. The summed E-state index contributed by atoms with van der Waals surface area (Å²) in [6.07, 6.45) is 9.15. The van der Waals surface area contributed by atoms with Crippen LogP contribution in [0.3, 0.4) is 0 Å². The summed E-state index contributed by atoms with van der Waals surface area (Å²) in [5.41, 5.74) is 0. The Labute approximate surface area is 93.4 Å². The van der Waals surface area contributed by atoms with Gasteiger partial charge in [0, 0.05) is 6.42 Å². The smallest absolute Gasteiger partial charge is 0.306 e. The van der Waals surface area contributed by atoms with Gasteiger partial charge in [0.1, 0.15) is 0 Å². The minimum atomic E-state index is -0.00470. The van der Waals surface area contributed by atoms with Crippen molar-refractivity contribution >= 4 is 5.97 Å². The van der Waals surface area contributed by atoms with Crippen LogP contribution in [0.4, 0.5) is 0 Å². The number of ether oxygens (including phenoxy) is 1. The molecule has 2 unspecified atom stereocenters. The molecule has 1 rings (SSSR count). The molecule has 1 aliphatic heterocycles. The molecule has 1 heterocycles. The van der Waals surface area contributed by atoms with E-state index < -0.39 is 0 Å². The molecule has 2 nitrogen and oxygen atoms in total. The van der Waals surface area contributed by atoms with Crippen molar-refractivity contribution in [3.8, 4) is 0 Å². The number of rotatable bonds is 0. The molecule has 0 bridgehead atoms. The van der Waals surface area contributed by atoms with Gasteiger partial charge in [0.25, 0.3) is 0 Å². The van der Waals surface area contributed by atoms with Crippen molar-refractivity contribution in [1.82, 2.24) is 0 Å². The van der Waals surface area contributed by atoms with E-state index in [0.29, 0.717) is 12.3 Å². The van der Waals surface area contributed by atoms with Gasteiger partial charge in [-0.25, -0.2) is 0 Å². The van der Waals surface area contributed by atoms with Crippen molar-refractivity contribution in [2.45, 2.75) is 71.3 Å². The van der Waals surface area contributed by atoms with Gasteiger partial charge in [0.15, 0.2) is 0 Å². The van der Waals surface area contributed by atoms with E-state index in [1.54, 1.807) is 0 Å². The van der Waals surface area contributed by atoms with Gasteiger partial charge in [0.2, 0.25) is 0 Å². The molecule has 0 spiro atoms. The molecular formula is C13H24O2. The predicted molar refractivity (Wildman–Crippen MR) is 61.7 cm³/mol. The minimum Gasteiger partial charge on any atom is -0.463 e. The molecular weight excluding hydrogens is 188 g/mol. The molecule has 1 saturated heterocycles. The van der Waals surface area contributed by atoms with Gasteiger partial charge in [-0.3, -0.25) is 4.79 Å². The number of hydrogen-bond donors (Lipinski definition) is 0. The van der Waals surface area contributed by atoms with Gasteiger partial charge in [-0.2, -0.15) is 0 Å². The fourth-order valence-electron chi connectivity index (χ4n) is 2.13. The lowest BCUT2D eigenvalue weighted by Gasteiger charge is -2.16. The lowest BCUT2D eigenvalue weighted by atomic mass is 9.97. The van der Waals surface area contributed by atoms with Crippen molar-refractivity contribution in [2.75, 3.05) is 0 Å². The van der Waals surface area contributed by atoms with Crippen LogP contribution in [0.5, 0.6) is 0 Å². The molecule has 0 aromatic rings. The van der Waals surface area contributed by atoms with Crippen LogP contribution in [0.25, 0.3) is 0 Å². The molecule has 0 radical (unpaired) electrons. The minimum absolute atomic E-state index is 0.00470. The maximum absolute atomic E-state index is 11.4. The average Bonchev–Trinajstić information content (AvgIpc) is 2.18. The molecule has 0 aliphatic carbocycles. The summed E-state index contributed by atoms with van der Waals surface area (Å²) < 4.78 is 5.33. The quantitative estimate of drug-likeness (QED) is 0.572. The summed E-state index contributed by atoms with van der Waals surface area (Å²) in [6.45, 7) is 4.25. The summed E-state index contributed by atoms with van der Waals surface area (Å²) >= 11 is 0. The van der Waals surface area contributed by atoms with Crippen LogP contribution in [0.2, 0.25) is 0 Å². The molecule has 88 valence electrons. The topological polar surface area (TPSA) is 26.3 Å². The van der Waals surface area contributed by atoms with Crippen molar-refractivity contribution in [2.24, 2.45) is 5.92 Å². The molecule has 15 heavy (non-hydrogen) atoms. The SMILES string of the molecule is CC1CCCCCCC(C)OC(=O)CC1. The Morgan fingerprint density at radius 2 is 1.67 bits per heavy atom. The molecule has 2 atom stereocenters.